The molecule has 4 unspecified atom stereocenters. The van der Waals surface area contributed by atoms with Crippen molar-refractivity contribution < 1.29 is 39.3 Å². The monoisotopic (exact) mass is 560 g/mol. The fraction of sp³-hybridized carbons (Fsp3) is 0.462. The van der Waals surface area contributed by atoms with Gasteiger partial charge in [0.15, 0.2) is 0 Å². The summed E-state index contributed by atoms with van der Waals surface area (Å²) in [5, 5.41) is 35.6. The first-order chi connectivity index (χ1) is 18.8. The molecule has 218 valence electrons. The Labute approximate surface area is 230 Å². The molecule has 0 radical (unpaired) electrons. The smallest absolute Gasteiger partial charge is 0.326 e. The topological polar surface area (TPSA) is 237 Å². The van der Waals surface area contributed by atoms with Gasteiger partial charge in [0.1, 0.15) is 23.9 Å². The Morgan fingerprint density at radius 2 is 1.50 bits per heavy atom. The number of phenols is 1. The second-order valence-electron chi connectivity index (χ2n) is 9.84. The third kappa shape index (κ3) is 10.7. The van der Waals surface area contributed by atoms with Gasteiger partial charge in [-0.25, -0.2) is 9.78 Å². The van der Waals surface area contributed by atoms with E-state index in [-0.39, 0.29) is 43.8 Å². The molecule has 2 aromatic rings. The van der Waals surface area contributed by atoms with Crippen LogP contribution in [0.15, 0.2) is 36.8 Å². The summed E-state index contributed by atoms with van der Waals surface area (Å²) in [5.41, 5.74) is 6.87. The minimum atomic E-state index is -1.31. The molecule has 1 heterocycles. The molecule has 1 aromatic carbocycles. The molecule has 2 rings (SSSR count). The number of carbonyl (C=O) groups excluding carboxylic acids is 3. The number of aromatic nitrogens is 2. The second-order valence-corrected chi connectivity index (χ2v) is 9.84. The van der Waals surface area contributed by atoms with E-state index in [0.29, 0.717) is 11.3 Å². The summed E-state index contributed by atoms with van der Waals surface area (Å²) in [6.07, 6.45) is 2.45. The molecule has 40 heavy (non-hydrogen) atoms. The summed E-state index contributed by atoms with van der Waals surface area (Å²) in [6, 6.07) is 1.06. The van der Waals surface area contributed by atoms with Crippen molar-refractivity contribution in [1.82, 2.24) is 25.9 Å². The Hall–Kier alpha value is -4.46. The summed E-state index contributed by atoms with van der Waals surface area (Å²) < 4.78 is 0. The van der Waals surface area contributed by atoms with E-state index in [1.165, 1.54) is 36.8 Å². The number of phenolic OH excluding ortho intramolecular Hbond substituents is 1. The number of carboxylic acid groups (broad SMARTS) is 2. The molecule has 4 atom stereocenters. The highest BCUT2D eigenvalue weighted by atomic mass is 16.4. The van der Waals surface area contributed by atoms with Crippen molar-refractivity contribution in [3.05, 3.63) is 48.0 Å². The minimum absolute atomic E-state index is 0.0130. The first kappa shape index (κ1) is 31.8. The summed E-state index contributed by atoms with van der Waals surface area (Å²) in [4.78, 5) is 68.5. The van der Waals surface area contributed by atoms with Gasteiger partial charge >= 0.3 is 11.9 Å². The molecule has 14 nitrogen and oxygen atoms in total. The second kappa shape index (κ2) is 15.2. The number of aromatic hydroxyl groups is 1. The lowest BCUT2D eigenvalue weighted by molar-refractivity contribution is -0.142. The van der Waals surface area contributed by atoms with Crippen molar-refractivity contribution in [2.24, 2.45) is 11.7 Å². The van der Waals surface area contributed by atoms with E-state index in [2.05, 4.69) is 25.9 Å². The van der Waals surface area contributed by atoms with Gasteiger partial charge in [-0.05, 0) is 36.5 Å². The molecule has 0 spiro atoms. The minimum Gasteiger partial charge on any atom is -0.508 e. The number of nitrogens with one attached hydrogen (secondary N) is 4. The molecular weight excluding hydrogens is 524 g/mol. The van der Waals surface area contributed by atoms with Crippen molar-refractivity contribution in [1.29, 1.82) is 0 Å². The lowest BCUT2D eigenvalue weighted by atomic mass is 10.0. The first-order valence-corrected chi connectivity index (χ1v) is 12.7. The van der Waals surface area contributed by atoms with Crippen molar-refractivity contribution in [2.45, 2.75) is 70.1 Å². The largest absolute Gasteiger partial charge is 0.508 e. The fourth-order valence-electron chi connectivity index (χ4n) is 3.83. The van der Waals surface area contributed by atoms with E-state index >= 15 is 0 Å². The number of aliphatic carboxylic acids is 2. The number of H-pyrrole nitrogens is 1. The van der Waals surface area contributed by atoms with Crippen LogP contribution in [-0.2, 0) is 36.8 Å². The maximum Gasteiger partial charge on any atom is 0.326 e. The zero-order valence-corrected chi connectivity index (χ0v) is 22.3. The van der Waals surface area contributed by atoms with Crippen molar-refractivity contribution in [3.8, 4) is 5.75 Å². The van der Waals surface area contributed by atoms with Gasteiger partial charge in [-0.15, -0.1) is 0 Å². The number of rotatable bonds is 16. The van der Waals surface area contributed by atoms with E-state index in [4.69, 9.17) is 10.8 Å². The number of amides is 3. The Morgan fingerprint density at radius 1 is 0.900 bits per heavy atom. The molecule has 0 saturated carbocycles. The summed E-state index contributed by atoms with van der Waals surface area (Å²) in [7, 11) is 0. The Kier molecular flexibility index (Phi) is 12.1. The number of hydrogen-bond donors (Lipinski definition) is 8. The van der Waals surface area contributed by atoms with Gasteiger partial charge in [0.2, 0.25) is 17.7 Å². The van der Waals surface area contributed by atoms with Gasteiger partial charge in [-0.3, -0.25) is 19.2 Å². The van der Waals surface area contributed by atoms with Crippen LogP contribution < -0.4 is 21.7 Å². The van der Waals surface area contributed by atoms with Crippen LogP contribution in [0.3, 0.4) is 0 Å². The van der Waals surface area contributed by atoms with Crippen molar-refractivity contribution >= 4 is 29.7 Å². The lowest BCUT2D eigenvalue weighted by Crippen LogP contribution is -2.58. The van der Waals surface area contributed by atoms with Gasteiger partial charge in [0.25, 0.3) is 0 Å². The maximum atomic E-state index is 13.3. The Bertz CT molecular complexity index is 1150. The number of nitrogens with zero attached hydrogens (tertiary/aromatic N) is 1. The van der Waals surface area contributed by atoms with Gasteiger partial charge in [-0.1, -0.05) is 26.0 Å². The lowest BCUT2D eigenvalue weighted by Gasteiger charge is -2.26. The molecule has 0 aliphatic heterocycles. The maximum absolute atomic E-state index is 13.3. The van der Waals surface area contributed by atoms with Gasteiger partial charge in [0, 0.05) is 31.2 Å². The van der Waals surface area contributed by atoms with Crippen LogP contribution in [0.4, 0.5) is 0 Å². The number of carbonyl (C=O) groups is 5. The molecule has 0 fully saturated rings. The third-order valence-corrected chi connectivity index (χ3v) is 5.95. The van der Waals surface area contributed by atoms with Gasteiger partial charge in [0.05, 0.1) is 12.4 Å². The highest BCUT2D eigenvalue weighted by Gasteiger charge is 2.31. The van der Waals surface area contributed by atoms with Crippen LogP contribution in [0.2, 0.25) is 0 Å². The number of nitrogens with two attached hydrogens (primary N) is 1. The average Bonchev–Trinajstić information content (AvgIpc) is 3.40. The van der Waals surface area contributed by atoms with Crippen molar-refractivity contribution in [3.63, 3.8) is 0 Å². The standard InChI is InChI=1S/C26H36N6O8/c1-14(2)9-19(24(37)32-21(26(39)40)10-15-3-5-17(33)6-4-15)31-25(38)20(11-16-12-28-13-29-16)30-23(36)18(27)7-8-22(34)35/h3-6,12-14,18-21,33H,7-11,27H2,1-2H3,(H,28,29)(H,30,36)(H,31,38)(H,32,37)(H,34,35)(H,39,40). The molecule has 0 aliphatic rings. The van der Waals surface area contributed by atoms with E-state index < -0.39 is 53.8 Å². The molecule has 14 heteroatoms. The SMILES string of the molecule is CC(C)CC(NC(=O)C(Cc1cnc[nH]1)NC(=O)C(N)CCC(=O)O)C(=O)NC(Cc1ccc(O)cc1)C(=O)O. The normalized spacial score (nSPS) is 14.0. The van der Waals surface area contributed by atoms with Gasteiger partial charge < -0.3 is 42.0 Å². The predicted octanol–water partition coefficient (Wildman–Crippen LogP) is -0.322. The summed E-state index contributed by atoms with van der Waals surface area (Å²) >= 11 is 0. The molecule has 0 saturated heterocycles. The van der Waals surface area contributed by atoms with Crippen LogP contribution in [0.1, 0.15) is 44.4 Å². The quantitative estimate of drug-likeness (QED) is 0.133. The van der Waals surface area contributed by atoms with Crippen LogP contribution in [-0.4, -0.2) is 79.1 Å². The molecule has 3 amide bonds. The molecular formula is C26H36N6O8. The highest BCUT2D eigenvalue weighted by Crippen LogP contribution is 2.13. The van der Waals surface area contributed by atoms with E-state index in [9.17, 15) is 34.2 Å². The number of benzene rings is 1. The summed E-state index contributed by atoms with van der Waals surface area (Å²) in [6.45, 7) is 3.64. The Balaban J connectivity index is 2.18. The van der Waals surface area contributed by atoms with E-state index in [1.54, 1.807) is 0 Å². The predicted molar refractivity (Wildman–Crippen MR) is 142 cm³/mol. The summed E-state index contributed by atoms with van der Waals surface area (Å²) in [5.74, 6) is -4.65. The van der Waals surface area contributed by atoms with Crippen LogP contribution >= 0.6 is 0 Å². The third-order valence-electron chi connectivity index (χ3n) is 5.95. The number of carboxylic acids is 2. The van der Waals surface area contributed by atoms with E-state index in [1.807, 2.05) is 13.8 Å². The zero-order chi connectivity index (χ0) is 29.8. The highest BCUT2D eigenvalue weighted by molar-refractivity contribution is 5.94. The van der Waals surface area contributed by atoms with Crippen LogP contribution in [0.5, 0.6) is 5.75 Å². The van der Waals surface area contributed by atoms with E-state index in [0.717, 1.165) is 0 Å². The molecule has 0 bridgehead atoms. The number of imidazole rings is 1. The fourth-order valence-corrected chi connectivity index (χ4v) is 3.83. The van der Waals surface area contributed by atoms with Crippen LogP contribution in [0.25, 0.3) is 0 Å². The first-order valence-electron chi connectivity index (χ1n) is 12.7. The number of aromatic amines is 1. The molecule has 9 N–H and O–H groups in total. The van der Waals surface area contributed by atoms with Gasteiger partial charge in [-0.2, -0.15) is 0 Å². The molecule has 1 aromatic heterocycles. The van der Waals surface area contributed by atoms with Crippen LogP contribution in [0, 0.1) is 5.92 Å². The van der Waals surface area contributed by atoms with Crippen molar-refractivity contribution in [2.75, 3.05) is 0 Å². The average molecular weight is 561 g/mol. The number of hydrogen-bond acceptors (Lipinski definition) is 8. The zero-order valence-electron chi connectivity index (χ0n) is 22.3. The molecule has 0 aliphatic carbocycles. The Morgan fingerprint density at radius 3 is 2.05 bits per heavy atom.